The SMILES string of the molecule is Cc1nc2c(C)cccn2c1C(=O)NC1CCCCCC1. The fraction of sp³-hybridized carbons (Fsp3) is 0.529. The van der Waals surface area contributed by atoms with E-state index in [-0.39, 0.29) is 5.91 Å². The number of carbonyl (C=O) groups excluding carboxylic acids is 1. The number of aromatic nitrogens is 2. The van der Waals surface area contributed by atoms with Gasteiger partial charge in [-0.2, -0.15) is 0 Å². The van der Waals surface area contributed by atoms with Crippen molar-refractivity contribution in [2.75, 3.05) is 0 Å². The largest absolute Gasteiger partial charge is 0.348 e. The molecule has 0 radical (unpaired) electrons. The number of hydrogen-bond donors (Lipinski definition) is 1. The van der Waals surface area contributed by atoms with Gasteiger partial charge in [0.2, 0.25) is 0 Å². The predicted molar refractivity (Wildman–Crippen MR) is 83.6 cm³/mol. The highest BCUT2D eigenvalue weighted by atomic mass is 16.2. The second-order valence-electron chi connectivity index (χ2n) is 6.09. The standard InChI is InChI=1S/C17H23N3O/c1-12-8-7-11-20-15(13(2)18-16(12)20)17(21)19-14-9-5-3-4-6-10-14/h7-8,11,14H,3-6,9-10H2,1-2H3,(H,19,21). The van der Waals surface area contributed by atoms with E-state index in [1.807, 2.05) is 36.6 Å². The van der Waals surface area contributed by atoms with E-state index in [1.54, 1.807) is 0 Å². The first kappa shape index (κ1) is 14.1. The normalized spacial score (nSPS) is 16.9. The van der Waals surface area contributed by atoms with Gasteiger partial charge in [-0.15, -0.1) is 0 Å². The number of nitrogens with zero attached hydrogens (tertiary/aromatic N) is 2. The maximum Gasteiger partial charge on any atom is 0.270 e. The van der Waals surface area contributed by atoms with Crippen molar-refractivity contribution in [3.63, 3.8) is 0 Å². The molecule has 2 aromatic rings. The summed E-state index contributed by atoms with van der Waals surface area (Å²) in [6.07, 6.45) is 9.14. The third-order valence-electron chi connectivity index (χ3n) is 4.42. The molecular weight excluding hydrogens is 262 g/mol. The molecule has 112 valence electrons. The van der Waals surface area contributed by atoms with Crippen LogP contribution in [0.2, 0.25) is 0 Å². The monoisotopic (exact) mass is 285 g/mol. The van der Waals surface area contributed by atoms with Gasteiger partial charge < -0.3 is 5.32 Å². The van der Waals surface area contributed by atoms with Gasteiger partial charge in [0.25, 0.3) is 5.91 Å². The first-order valence-electron chi connectivity index (χ1n) is 7.92. The smallest absolute Gasteiger partial charge is 0.270 e. The second kappa shape index (κ2) is 5.88. The van der Waals surface area contributed by atoms with E-state index in [2.05, 4.69) is 10.3 Å². The molecule has 0 aliphatic heterocycles. The van der Waals surface area contributed by atoms with E-state index >= 15 is 0 Å². The molecule has 0 spiro atoms. The lowest BCUT2D eigenvalue weighted by atomic mass is 10.1. The second-order valence-corrected chi connectivity index (χ2v) is 6.09. The number of pyridine rings is 1. The van der Waals surface area contributed by atoms with E-state index in [0.717, 1.165) is 29.7 Å². The van der Waals surface area contributed by atoms with Gasteiger partial charge >= 0.3 is 0 Å². The zero-order valence-corrected chi connectivity index (χ0v) is 12.9. The highest BCUT2D eigenvalue weighted by Gasteiger charge is 2.21. The average molecular weight is 285 g/mol. The van der Waals surface area contributed by atoms with E-state index < -0.39 is 0 Å². The van der Waals surface area contributed by atoms with Gasteiger partial charge in [0.15, 0.2) is 0 Å². The van der Waals surface area contributed by atoms with Gasteiger partial charge in [-0.25, -0.2) is 4.98 Å². The highest BCUT2D eigenvalue weighted by molar-refractivity contribution is 5.95. The third kappa shape index (κ3) is 2.80. The minimum Gasteiger partial charge on any atom is -0.348 e. The molecule has 0 saturated heterocycles. The summed E-state index contributed by atoms with van der Waals surface area (Å²) in [6, 6.07) is 4.30. The van der Waals surface area contributed by atoms with Crippen molar-refractivity contribution in [2.45, 2.75) is 58.4 Å². The molecule has 1 aliphatic rings. The fourth-order valence-electron chi connectivity index (χ4n) is 3.27. The molecule has 1 fully saturated rings. The topological polar surface area (TPSA) is 46.4 Å². The molecule has 3 rings (SSSR count). The Morgan fingerprint density at radius 1 is 1.24 bits per heavy atom. The van der Waals surface area contributed by atoms with Gasteiger partial charge in [-0.1, -0.05) is 31.7 Å². The van der Waals surface area contributed by atoms with Crippen molar-refractivity contribution in [3.8, 4) is 0 Å². The summed E-state index contributed by atoms with van der Waals surface area (Å²) in [7, 11) is 0. The van der Waals surface area contributed by atoms with Crippen LogP contribution in [-0.4, -0.2) is 21.3 Å². The maximum absolute atomic E-state index is 12.7. The van der Waals surface area contributed by atoms with E-state index in [0.29, 0.717) is 11.7 Å². The zero-order valence-electron chi connectivity index (χ0n) is 12.9. The summed E-state index contributed by atoms with van der Waals surface area (Å²) < 4.78 is 1.91. The Hall–Kier alpha value is -1.84. The molecule has 4 nitrogen and oxygen atoms in total. The summed E-state index contributed by atoms with van der Waals surface area (Å²) >= 11 is 0. The van der Waals surface area contributed by atoms with Crippen LogP contribution in [0.4, 0.5) is 0 Å². The van der Waals surface area contributed by atoms with Crippen molar-refractivity contribution in [1.29, 1.82) is 0 Å². The molecule has 1 saturated carbocycles. The van der Waals surface area contributed by atoms with Gasteiger partial charge in [0.1, 0.15) is 11.3 Å². The van der Waals surface area contributed by atoms with Crippen LogP contribution >= 0.6 is 0 Å². The Morgan fingerprint density at radius 2 is 1.95 bits per heavy atom. The van der Waals surface area contributed by atoms with Crippen LogP contribution in [0.3, 0.4) is 0 Å². The summed E-state index contributed by atoms with van der Waals surface area (Å²) in [6.45, 7) is 3.93. The lowest BCUT2D eigenvalue weighted by Gasteiger charge is -2.16. The molecule has 21 heavy (non-hydrogen) atoms. The molecule has 0 bridgehead atoms. The number of nitrogens with one attached hydrogen (secondary N) is 1. The summed E-state index contributed by atoms with van der Waals surface area (Å²) in [5, 5.41) is 3.21. The van der Waals surface area contributed by atoms with Crippen molar-refractivity contribution < 1.29 is 4.79 Å². The Morgan fingerprint density at radius 3 is 2.67 bits per heavy atom. The summed E-state index contributed by atoms with van der Waals surface area (Å²) in [5.41, 5.74) is 3.45. The van der Waals surface area contributed by atoms with Gasteiger partial charge in [-0.3, -0.25) is 9.20 Å². The quantitative estimate of drug-likeness (QED) is 0.860. The molecule has 0 unspecified atom stereocenters. The maximum atomic E-state index is 12.7. The Labute approximate surface area is 125 Å². The molecule has 0 aromatic carbocycles. The Balaban J connectivity index is 1.87. The minimum absolute atomic E-state index is 0.0116. The molecule has 2 heterocycles. The minimum atomic E-state index is 0.0116. The number of amides is 1. The first-order valence-corrected chi connectivity index (χ1v) is 7.92. The summed E-state index contributed by atoms with van der Waals surface area (Å²) in [5.74, 6) is 0.0116. The molecule has 4 heteroatoms. The van der Waals surface area contributed by atoms with Gasteiger partial charge in [-0.05, 0) is 38.3 Å². The number of carbonyl (C=O) groups is 1. The molecule has 1 amide bonds. The average Bonchev–Trinajstić information content (AvgIpc) is 2.62. The van der Waals surface area contributed by atoms with Crippen LogP contribution < -0.4 is 5.32 Å². The van der Waals surface area contributed by atoms with E-state index in [4.69, 9.17) is 0 Å². The third-order valence-corrected chi connectivity index (χ3v) is 4.42. The zero-order chi connectivity index (χ0) is 14.8. The van der Waals surface area contributed by atoms with Crippen LogP contribution in [0.1, 0.15) is 60.3 Å². The highest BCUT2D eigenvalue weighted by Crippen LogP contribution is 2.19. The lowest BCUT2D eigenvalue weighted by molar-refractivity contribution is 0.0926. The van der Waals surface area contributed by atoms with Crippen LogP contribution in [0.25, 0.3) is 5.65 Å². The molecule has 1 aliphatic carbocycles. The Kier molecular flexibility index (Phi) is 3.95. The van der Waals surface area contributed by atoms with Crippen molar-refractivity contribution in [3.05, 3.63) is 35.3 Å². The number of fused-ring (bicyclic) bond motifs is 1. The van der Waals surface area contributed by atoms with Gasteiger partial charge in [0.05, 0.1) is 5.69 Å². The Bertz CT molecular complexity index is 651. The lowest BCUT2D eigenvalue weighted by Crippen LogP contribution is -2.35. The van der Waals surface area contributed by atoms with Crippen LogP contribution in [0, 0.1) is 13.8 Å². The van der Waals surface area contributed by atoms with Crippen LogP contribution in [0.5, 0.6) is 0 Å². The molecule has 1 N–H and O–H groups in total. The molecule has 0 atom stereocenters. The van der Waals surface area contributed by atoms with Crippen LogP contribution in [-0.2, 0) is 0 Å². The van der Waals surface area contributed by atoms with Crippen molar-refractivity contribution in [1.82, 2.24) is 14.7 Å². The molecular formula is C17H23N3O. The number of imidazole rings is 1. The van der Waals surface area contributed by atoms with E-state index in [9.17, 15) is 4.79 Å². The number of hydrogen-bond acceptors (Lipinski definition) is 2. The van der Waals surface area contributed by atoms with E-state index in [1.165, 1.54) is 25.7 Å². The van der Waals surface area contributed by atoms with Crippen molar-refractivity contribution >= 4 is 11.6 Å². The number of aryl methyl sites for hydroxylation is 2. The molecule has 2 aromatic heterocycles. The summed E-state index contributed by atoms with van der Waals surface area (Å²) in [4.78, 5) is 17.2. The fourth-order valence-corrected chi connectivity index (χ4v) is 3.27. The number of rotatable bonds is 2. The van der Waals surface area contributed by atoms with Crippen LogP contribution in [0.15, 0.2) is 18.3 Å². The predicted octanol–water partition coefficient (Wildman–Crippen LogP) is 3.40. The first-order chi connectivity index (χ1) is 10.2. The van der Waals surface area contributed by atoms with Crippen molar-refractivity contribution in [2.24, 2.45) is 0 Å². The van der Waals surface area contributed by atoms with Gasteiger partial charge in [0, 0.05) is 12.2 Å².